The molecule has 0 spiro atoms. The first kappa shape index (κ1) is 18.4. The maximum Gasteiger partial charge on any atom is 0.347 e. The first-order valence-electron chi connectivity index (χ1n) is 7.41. The SMILES string of the molecule is Cc1nc(C(C)NC(=O)C(C)(C)c2ccccc2Cl)sc1C(=O)O. The van der Waals surface area contributed by atoms with Gasteiger partial charge < -0.3 is 10.4 Å². The van der Waals surface area contributed by atoms with Crippen molar-refractivity contribution in [2.45, 2.75) is 39.2 Å². The van der Waals surface area contributed by atoms with Crippen molar-refractivity contribution in [1.29, 1.82) is 0 Å². The van der Waals surface area contributed by atoms with Crippen LogP contribution in [0.5, 0.6) is 0 Å². The average Bonchev–Trinajstić information content (AvgIpc) is 2.89. The predicted octanol–water partition coefficient (Wildman–Crippen LogP) is 3.96. The topological polar surface area (TPSA) is 79.3 Å². The lowest BCUT2D eigenvalue weighted by molar-refractivity contribution is -0.126. The molecule has 0 radical (unpaired) electrons. The van der Waals surface area contributed by atoms with Crippen LogP contribution in [0.4, 0.5) is 0 Å². The molecule has 1 heterocycles. The highest BCUT2D eigenvalue weighted by atomic mass is 35.5. The van der Waals surface area contributed by atoms with E-state index in [1.54, 1.807) is 33.8 Å². The Balaban J connectivity index is 2.21. The predicted molar refractivity (Wildman–Crippen MR) is 94.8 cm³/mol. The van der Waals surface area contributed by atoms with Gasteiger partial charge in [0, 0.05) is 5.02 Å². The van der Waals surface area contributed by atoms with E-state index in [1.165, 1.54) is 0 Å². The van der Waals surface area contributed by atoms with Crippen molar-refractivity contribution in [1.82, 2.24) is 10.3 Å². The van der Waals surface area contributed by atoms with E-state index >= 15 is 0 Å². The molecule has 2 rings (SSSR count). The molecule has 1 unspecified atom stereocenters. The molecule has 5 nitrogen and oxygen atoms in total. The number of aryl methyl sites for hydroxylation is 1. The molecule has 0 saturated carbocycles. The summed E-state index contributed by atoms with van der Waals surface area (Å²) < 4.78 is 0. The van der Waals surface area contributed by atoms with Gasteiger partial charge in [-0.15, -0.1) is 11.3 Å². The van der Waals surface area contributed by atoms with E-state index < -0.39 is 17.4 Å². The smallest absolute Gasteiger partial charge is 0.347 e. The molecule has 0 bridgehead atoms. The number of hydrogen-bond acceptors (Lipinski definition) is 4. The van der Waals surface area contributed by atoms with Crippen LogP contribution in [-0.2, 0) is 10.2 Å². The van der Waals surface area contributed by atoms with Crippen molar-refractivity contribution in [3.05, 3.63) is 50.4 Å². The van der Waals surface area contributed by atoms with E-state index in [9.17, 15) is 9.59 Å². The van der Waals surface area contributed by atoms with Gasteiger partial charge in [-0.1, -0.05) is 29.8 Å². The number of carbonyl (C=O) groups excluding carboxylic acids is 1. The number of amides is 1. The Kier molecular flexibility index (Phi) is 5.30. The number of carbonyl (C=O) groups is 2. The summed E-state index contributed by atoms with van der Waals surface area (Å²) >= 11 is 7.29. The summed E-state index contributed by atoms with van der Waals surface area (Å²) in [5.74, 6) is -1.21. The van der Waals surface area contributed by atoms with Crippen LogP contribution in [0.25, 0.3) is 0 Å². The molecule has 0 saturated heterocycles. The van der Waals surface area contributed by atoms with Crippen LogP contribution in [0.2, 0.25) is 5.02 Å². The molecule has 0 fully saturated rings. The molecular formula is C17H19ClN2O3S. The minimum Gasteiger partial charge on any atom is -0.477 e. The van der Waals surface area contributed by atoms with E-state index in [4.69, 9.17) is 16.7 Å². The van der Waals surface area contributed by atoms with Gasteiger partial charge in [0.25, 0.3) is 0 Å². The Morgan fingerprint density at radius 3 is 2.50 bits per heavy atom. The maximum atomic E-state index is 12.7. The highest BCUT2D eigenvalue weighted by molar-refractivity contribution is 7.13. The third-order valence-electron chi connectivity index (χ3n) is 3.84. The van der Waals surface area contributed by atoms with Crippen LogP contribution in [0.1, 0.15) is 52.7 Å². The van der Waals surface area contributed by atoms with Gasteiger partial charge in [-0.25, -0.2) is 9.78 Å². The van der Waals surface area contributed by atoms with E-state index in [0.29, 0.717) is 15.7 Å². The van der Waals surface area contributed by atoms with E-state index in [1.807, 2.05) is 18.2 Å². The molecule has 2 N–H and O–H groups in total. The minimum absolute atomic E-state index is 0.191. The Morgan fingerprint density at radius 1 is 1.33 bits per heavy atom. The van der Waals surface area contributed by atoms with Gasteiger partial charge in [-0.05, 0) is 39.3 Å². The molecule has 0 aliphatic heterocycles. The molecule has 1 aromatic carbocycles. The van der Waals surface area contributed by atoms with E-state index in [-0.39, 0.29) is 10.8 Å². The summed E-state index contributed by atoms with van der Waals surface area (Å²) in [5.41, 5.74) is 0.362. The summed E-state index contributed by atoms with van der Waals surface area (Å²) in [6, 6.07) is 6.83. The lowest BCUT2D eigenvalue weighted by Crippen LogP contribution is -2.41. The maximum absolute atomic E-state index is 12.7. The van der Waals surface area contributed by atoms with E-state index in [0.717, 1.165) is 16.9 Å². The number of carboxylic acids is 1. The summed E-state index contributed by atoms with van der Waals surface area (Å²) in [6.07, 6.45) is 0. The highest BCUT2D eigenvalue weighted by Crippen LogP contribution is 2.31. The van der Waals surface area contributed by atoms with Crippen LogP contribution in [0.3, 0.4) is 0 Å². The van der Waals surface area contributed by atoms with Gasteiger partial charge in [-0.2, -0.15) is 0 Å². The lowest BCUT2D eigenvalue weighted by atomic mass is 9.83. The van der Waals surface area contributed by atoms with Crippen molar-refractivity contribution in [3.8, 4) is 0 Å². The Labute approximate surface area is 149 Å². The molecule has 0 aliphatic carbocycles. The quantitative estimate of drug-likeness (QED) is 0.839. The lowest BCUT2D eigenvalue weighted by Gasteiger charge is -2.26. The molecule has 1 aromatic heterocycles. The molecule has 128 valence electrons. The number of thiazole rings is 1. The number of rotatable bonds is 5. The van der Waals surface area contributed by atoms with Crippen molar-refractivity contribution in [3.63, 3.8) is 0 Å². The second kappa shape index (κ2) is 6.91. The van der Waals surface area contributed by atoms with Crippen LogP contribution in [-0.4, -0.2) is 22.0 Å². The molecular weight excluding hydrogens is 348 g/mol. The third-order valence-corrected chi connectivity index (χ3v) is 5.50. The fourth-order valence-corrected chi connectivity index (χ4v) is 3.61. The second-order valence-corrected chi connectivity index (χ2v) is 7.51. The molecule has 24 heavy (non-hydrogen) atoms. The molecule has 1 atom stereocenters. The van der Waals surface area contributed by atoms with E-state index in [2.05, 4.69) is 10.3 Å². The number of aromatic carboxylic acids is 1. The minimum atomic E-state index is -1.01. The second-order valence-electron chi connectivity index (χ2n) is 6.07. The zero-order valence-electron chi connectivity index (χ0n) is 13.9. The zero-order chi connectivity index (χ0) is 18.1. The zero-order valence-corrected chi connectivity index (χ0v) is 15.5. The standard InChI is InChI=1S/C17H19ClN2O3S/c1-9-13(15(21)22)24-14(19-9)10(2)20-16(23)17(3,4)11-7-5-6-8-12(11)18/h5-8,10H,1-4H3,(H,20,23)(H,21,22). The summed E-state index contributed by atoms with van der Waals surface area (Å²) in [4.78, 5) is 28.3. The molecule has 2 aromatic rings. The van der Waals surface area contributed by atoms with Crippen LogP contribution in [0.15, 0.2) is 24.3 Å². The van der Waals surface area contributed by atoms with Crippen LogP contribution < -0.4 is 5.32 Å². The van der Waals surface area contributed by atoms with Gasteiger partial charge in [-0.3, -0.25) is 4.79 Å². The Bertz CT molecular complexity index is 786. The van der Waals surface area contributed by atoms with Crippen LogP contribution in [0, 0.1) is 6.92 Å². The number of nitrogens with one attached hydrogen (secondary N) is 1. The molecule has 1 amide bonds. The van der Waals surface area contributed by atoms with Crippen molar-refractivity contribution in [2.75, 3.05) is 0 Å². The number of halogens is 1. The van der Waals surface area contributed by atoms with Crippen LogP contribution >= 0.6 is 22.9 Å². The number of aromatic nitrogens is 1. The van der Waals surface area contributed by atoms with Gasteiger partial charge >= 0.3 is 5.97 Å². The van der Waals surface area contributed by atoms with Crippen molar-refractivity contribution in [2.24, 2.45) is 0 Å². The fourth-order valence-electron chi connectivity index (χ4n) is 2.33. The number of benzene rings is 1. The summed E-state index contributed by atoms with van der Waals surface area (Å²) in [5, 5.41) is 13.1. The van der Waals surface area contributed by atoms with Gasteiger partial charge in [0.2, 0.25) is 5.91 Å². The average molecular weight is 367 g/mol. The number of nitrogens with zero attached hydrogens (tertiary/aromatic N) is 1. The highest BCUT2D eigenvalue weighted by Gasteiger charge is 2.33. The first-order chi connectivity index (χ1) is 11.1. The van der Waals surface area contributed by atoms with Gasteiger partial charge in [0.05, 0.1) is 17.2 Å². The van der Waals surface area contributed by atoms with Gasteiger partial charge in [0.15, 0.2) is 0 Å². The fraction of sp³-hybridized carbons (Fsp3) is 0.353. The monoisotopic (exact) mass is 366 g/mol. The Morgan fingerprint density at radius 2 is 1.96 bits per heavy atom. The van der Waals surface area contributed by atoms with Gasteiger partial charge in [0.1, 0.15) is 9.88 Å². The number of hydrogen-bond donors (Lipinski definition) is 2. The van der Waals surface area contributed by atoms with Crippen molar-refractivity contribution < 1.29 is 14.7 Å². The Hall–Kier alpha value is -1.92. The molecule has 0 aliphatic rings. The first-order valence-corrected chi connectivity index (χ1v) is 8.60. The summed E-state index contributed by atoms with van der Waals surface area (Å²) in [6.45, 7) is 7.02. The van der Waals surface area contributed by atoms with Crippen molar-refractivity contribution >= 4 is 34.8 Å². The number of carboxylic acid groups (broad SMARTS) is 1. The normalized spacial score (nSPS) is 12.7. The molecule has 7 heteroatoms. The largest absolute Gasteiger partial charge is 0.477 e. The third kappa shape index (κ3) is 3.60. The summed E-state index contributed by atoms with van der Waals surface area (Å²) in [7, 11) is 0.